The van der Waals surface area contributed by atoms with E-state index in [9.17, 15) is 34.9 Å². The van der Waals surface area contributed by atoms with Gasteiger partial charge in [0.05, 0.1) is 60.4 Å². The van der Waals surface area contributed by atoms with Crippen molar-refractivity contribution in [1.82, 2.24) is 4.57 Å². The average molecular weight is 1000 g/mol. The summed E-state index contributed by atoms with van der Waals surface area (Å²) in [5.74, 6) is 5.47. The summed E-state index contributed by atoms with van der Waals surface area (Å²) in [6.07, 6.45) is 0.330. The summed E-state index contributed by atoms with van der Waals surface area (Å²) in [5, 5.41) is 41.9. The number of rotatable bonds is 16. The van der Waals surface area contributed by atoms with Gasteiger partial charge in [-0.1, -0.05) is 46.5 Å². The van der Waals surface area contributed by atoms with Crippen molar-refractivity contribution in [3.05, 3.63) is 87.9 Å². The first-order valence-electron chi connectivity index (χ1n) is 18.8. The molecule has 0 radical (unpaired) electrons. The van der Waals surface area contributed by atoms with E-state index in [1.807, 2.05) is 38.3 Å². The van der Waals surface area contributed by atoms with Crippen molar-refractivity contribution in [3.8, 4) is 11.8 Å². The Morgan fingerprint density at radius 3 is 1.92 bits per heavy atom. The van der Waals surface area contributed by atoms with Gasteiger partial charge in [-0.3, -0.25) is 29.8 Å². The Hall–Kier alpha value is -4.05. The van der Waals surface area contributed by atoms with Gasteiger partial charge in [0.2, 0.25) is 0 Å². The molecule has 1 aromatic heterocycles. The minimum absolute atomic E-state index is 0. The number of nitrogens with one attached hydrogen (secondary N) is 1. The second-order valence-corrected chi connectivity index (χ2v) is 23.1. The van der Waals surface area contributed by atoms with E-state index in [2.05, 4.69) is 51.0 Å². The first-order valence-corrected chi connectivity index (χ1v) is 25.8. The number of halogens is 2. The maximum atomic E-state index is 11.9. The van der Waals surface area contributed by atoms with Gasteiger partial charge in [0.25, 0.3) is 11.4 Å². The molecule has 0 saturated heterocycles. The number of aliphatic hydroxyl groups excluding tert-OH is 1. The molecule has 61 heavy (non-hydrogen) atoms. The molecule has 0 amide bonds. The number of fused-ring (bicyclic) bond motifs is 1. The summed E-state index contributed by atoms with van der Waals surface area (Å²) in [7, 11) is 7.78. The molecule has 0 unspecified atom stereocenters. The molecule has 0 atom stereocenters. The zero-order valence-corrected chi connectivity index (χ0v) is 41.2. The van der Waals surface area contributed by atoms with Gasteiger partial charge in [-0.15, -0.1) is 0 Å². The van der Waals surface area contributed by atoms with Crippen LogP contribution in [0.15, 0.2) is 42.5 Å². The standard InChI is InChI=1S/C23H36N2O5Si.C17H22N2O5.CN.CH3.2ClH.Pd/c1-9-29-21(26)17-23(5,6)13-12-18-16-19(25(27)28)10-11-20(18)24-14-15-30-31(7,8)22(2,3)4;1-4-24-16(21)11-17(2,3)15-10-12-9-13(19(22)23)5-6-14(12)18(15)7-8-20;1-2;;;;/h10-11,16,24H,9,14-15,17H2,1-8H3;5-6,9-10,20H,4,7-8,11H2,1-3H3;;1H3;2*1H;/q;;2*-1;;;+2/p-2. The SMILES string of the molecule is CCOC(=O)CC(C)(C)C#Cc1cc([N+](=O)[O-])ccc1NCCO[Si](C)(C)C(C)(C)C.CCOC(=O)CC(C)(C)c1cc2cc([N+](=O)[O-])ccc2n1CCO.[C-]#N.[CH3-].[Cl][Pd][Cl]. The quantitative estimate of drug-likeness (QED) is 0.0261. The van der Waals surface area contributed by atoms with E-state index >= 15 is 0 Å². The van der Waals surface area contributed by atoms with Crippen LogP contribution in [-0.2, 0) is 51.4 Å². The molecule has 3 aromatic rings. The first kappa shape index (κ1) is 59.0. The molecule has 1 heterocycles. The predicted molar refractivity (Wildman–Crippen MR) is 240 cm³/mol. The molecule has 0 aliphatic rings. The predicted octanol–water partition coefficient (Wildman–Crippen LogP) is 10.1. The van der Waals surface area contributed by atoms with Gasteiger partial charge in [-0.25, -0.2) is 0 Å². The third-order valence-corrected chi connectivity index (χ3v) is 13.9. The fourth-order valence-electron chi connectivity index (χ4n) is 5.40. The second-order valence-electron chi connectivity index (χ2n) is 16.0. The average Bonchev–Trinajstić information content (AvgIpc) is 3.52. The van der Waals surface area contributed by atoms with Crippen LogP contribution in [-0.4, -0.2) is 72.7 Å². The number of anilines is 1. The Morgan fingerprint density at radius 2 is 1.43 bits per heavy atom. The van der Waals surface area contributed by atoms with Gasteiger partial charge in [0.15, 0.2) is 8.32 Å². The van der Waals surface area contributed by atoms with Crippen molar-refractivity contribution < 1.29 is 54.4 Å². The molecule has 0 aliphatic carbocycles. The molecular formula is C42H61Cl2N5O10PdSi-2. The monoisotopic (exact) mass is 999 g/mol. The van der Waals surface area contributed by atoms with Crippen LogP contribution in [0, 0.1) is 56.7 Å². The number of aromatic nitrogens is 1. The molecular weight excluding hydrogens is 940 g/mol. The van der Waals surface area contributed by atoms with Crippen LogP contribution in [0.25, 0.3) is 10.9 Å². The number of nitro benzene ring substituents is 2. The number of ether oxygens (including phenoxy) is 2. The summed E-state index contributed by atoms with van der Waals surface area (Å²) in [5.41, 5.74) is 1.66. The van der Waals surface area contributed by atoms with Crippen LogP contribution in [0.2, 0.25) is 18.1 Å². The third kappa shape index (κ3) is 20.1. The number of benzene rings is 2. The molecule has 0 spiro atoms. The fourth-order valence-corrected chi connectivity index (χ4v) is 6.45. The Morgan fingerprint density at radius 1 is 0.918 bits per heavy atom. The summed E-state index contributed by atoms with van der Waals surface area (Å²) in [6, 6.07) is 11.0. The summed E-state index contributed by atoms with van der Waals surface area (Å²) < 4.78 is 18.1. The van der Waals surface area contributed by atoms with Crippen LogP contribution in [0.3, 0.4) is 0 Å². The second kappa shape index (κ2) is 27.8. The minimum atomic E-state index is -1.84. The molecule has 0 bridgehead atoms. The number of carbonyl (C=O) groups excluding carboxylic acids is 2. The van der Waals surface area contributed by atoms with Crippen molar-refractivity contribution in [1.29, 1.82) is 5.26 Å². The van der Waals surface area contributed by atoms with Crippen molar-refractivity contribution in [2.75, 3.05) is 38.3 Å². The van der Waals surface area contributed by atoms with Gasteiger partial charge >= 0.3 is 46.9 Å². The number of non-ortho nitro benzene ring substituents is 2. The van der Waals surface area contributed by atoms with Gasteiger partial charge in [0.1, 0.15) is 0 Å². The molecule has 0 saturated carbocycles. The van der Waals surface area contributed by atoms with Crippen molar-refractivity contribution in [3.63, 3.8) is 0 Å². The van der Waals surface area contributed by atoms with Crippen molar-refractivity contribution >= 4 is 67.3 Å². The Labute approximate surface area is 378 Å². The Bertz CT molecular complexity index is 1970. The number of esters is 2. The van der Waals surface area contributed by atoms with Crippen LogP contribution in [0.5, 0.6) is 0 Å². The van der Waals surface area contributed by atoms with Crippen molar-refractivity contribution in [2.45, 2.75) is 105 Å². The molecule has 2 N–H and O–H groups in total. The van der Waals surface area contributed by atoms with Gasteiger partial charge in [-0.2, -0.15) is 0 Å². The molecule has 3 rings (SSSR count). The van der Waals surface area contributed by atoms with E-state index in [1.165, 1.54) is 24.3 Å². The zero-order chi connectivity index (χ0) is 46.5. The van der Waals surface area contributed by atoms with E-state index in [0.29, 0.717) is 49.5 Å². The number of aliphatic hydroxyl groups is 1. The van der Waals surface area contributed by atoms with E-state index in [4.69, 9.17) is 44.8 Å². The summed E-state index contributed by atoms with van der Waals surface area (Å²) >= 11 is -0.106. The fraction of sp³-hybridized carbons (Fsp3) is 0.524. The number of nitrogens with zero attached hydrogens (tertiary/aromatic N) is 4. The van der Waals surface area contributed by atoms with Gasteiger partial charge < -0.3 is 48.2 Å². The topological polar surface area (TPSA) is 209 Å². The number of nitro groups is 2. The molecule has 344 valence electrons. The van der Waals surface area contributed by atoms with Crippen LogP contribution >= 0.6 is 19.1 Å². The first-order chi connectivity index (χ1) is 27.9. The molecule has 0 aliphatic heterocycles. The third-order valence-electron chi connectivity index (χ3n) is 9.33. The zero-order valence-electron chi connectivity index (χ0n) is 37.2. The van der Waals surface area contributed by atoms with Crippen LogP contribution < -0.4 is 5.32 Å². The van der Waals surface area contributed by atoms with Gasteiger partial charge in [0, 0.05) is 64.8 Å². The summed E-state index contributed by atoms with van der Waals surface area (Å²) in [4.78, 5) is 45.0. The molecule has 19 heteroatoms. The maximum absolute atomic E-state index is 11.9. The van der Waals surface area contributed by atoms with Gasteiger partial charge in [-0.05, 0) is 64.0 Å². The van der Waals surface area contributed by atoms with Crippen LogP contribution in [0.4, 0.5) is 17.1 Å². The summed E-state index contributed by atoms with van der Waals surface area (Å²) in [6.45, 7) is 28.8. The number of hydrogen-bond acceptors (Lipinski definition) is 12. The Balaban J connectivity index is 0. The number of carbonyl (C=O) groups is 2. The normalized spacial score (nSPS) is 11.1. The van der Waals surface area contributed by atoms with E-state index < -0.39 is 29.0 Å². The van der Waals surface area contributed by atoms with Crippen LogP contribution in [0.1, 0.15) is 86.4 Å². The van der Waals surface area contributed by atoms with E-state index in [0.717, 1.165) is 11.2 Å². The Kier molecular flexibility index (Phi) is 26.9. The molecule has 15 nitrogen and oxygen atoms in total. The number of hydrogen-bond donors (Lipinski definition) is 2. The van der Waals surface area contributed by atoms with Crippen molar-refractivity contribution in [2.24, 2.45) is 5.41 Å². The van der Waals surface area contributed by atoms with E-state index in [1.54, 1.807) is 26.0 Å². The molecule has 2 aromatic carbocycles. The molecule has 0 fully saturated rings. The van der Waals surface area contributed by atoms with E-state index in [-0.39, 0.29) is 71.2 Å².